The van der Waals surface area contributed by atoms with Crippen molar-refractivity contribution in [3.8, 4) is 0 Å². The summed E-state index contributed by atoms with van der Waals surface area (Å²) in [6.07, 6.45) is 13.6. The summed E-state index contributed by atoms with van der Waals surface area (Å²) >= 11 is 0. The normalized spacial score (nSPS) is 24.5. The van der Waals surface area contributed by atoms with Crippen LogP contribution in [0.5, 0.6) is 0 Å². The van der Waals surface area contributed by atoms with Crippen molar-refractivity contribution in [3.05, 3.63) is 153 Å². The quantitative estimate of drug-likeness (QED) is 0.439. The molecule has 1 heterocycles. The highest BCUT2D eigenvalue weighted by Gasteiger charge is 2.51. The number of hydrogen-bond donors (Lipinski definition) is 0. The first-order chi connectivity index (χ1) is 17.2. The van der Waals surface area contributed by atoms with Crippen LogP contribution in [-0.4, -0.2) is 17.0 Å². The van der Waals surface area contributed by atoms with Crippen LogP contribution in [0.2, 0.25) is 0 Å². The minimum atomic E-state index is -0.642. The molecule has 6 rings (SSSR count). The van der Waals surface area contributed by atoms with E-state index >= 15 is 0 Å². The average Bonchev–Trinajstić information content (AvgIpc) is 3.57. The summed E-state index contributed by atoms with van der Waals surface area (Å²) in [5, 5.41) is 4.25. The van der Waals surface area contributed by atoms with E-state index in [2.05, 4.69) is 142 Å². The van der Waals surface area contributed by atoms with Gasteiger partial charge in [-0.2, -0.15) is 0 Å². The van der Waals surface area contributed by atoms with E-state index in [9.17, 15) is 0 Å². The van der Waals surface area contributed by atoms with Gasteiger partial charge in [-0.25, -0.2) is 0 Å². The standard InChI is InChI=1S/C33H30NP/c1-24-29-18-11-20-31(29)32-21-12-19-30(32)25(2)34(24)23-26-13-9-10-22-33(26)35(27-14-5-3-6-15-27)28-16-7-4-8-17-28/h3-22,24-25H,23H2,1-2H3/t24-,25-/m1/s1. The van der Waals surface area contributed by atoms with Crippen LogP contribution in [0, 0.1) is 62.2 Å². The van der Waals surface area contributed by atoms with Gasteiger partial charge in [-0.1, -0.05) is 84.9 Å². The second-order valence-electron chi connectivity index (χ2n) is 9.45. The molecule has 3 aliphatic rings. The summed E-state index contributed by atoms with van der Waals surface area (Å²) in [5.74, 6) is 5.67. The van der Waals surface area contributed by atoms with E-state index in [4.69, 9.17) is 0 Å². The molecule has 0 amide bonds. The fourth-order valence-corrected chi connectivity index (χ4v) is 8.16. The largest absolute Gasteiger partial charge is 0.292 e. The van der Waals surface area contributed by atoms with Crippen LogP contribution in [0.25, 0.3) is 0 Å². The maximum atomic E-state index is 2.69. The number of hydrogen-bond acceptors (Lipinski definition) is 1. The third kappa shape index (κ3) is 4.41. The lowest BCUT2D eigenvalue weighted by Crippen LogP contribution is -2.44. The number of benzene rings is 3. The van der Waals surface area contributed by atoms with Crippen molar-refractivity contribution in [2.75, 3.05) is 0 Å². The Bertz CT molecular complexity index is 1050. The van der Waals surface area contributed by atoms with Crippen LogP contribution >= 0.6 is 7.92 Å². The van der Waals surface area contributed by atoms with Crippen molar-refractivity contribution in [1.29, 1.82) is 0 Å². The number of nitrogens with zero attached hydrogens (tertiary/aromatic N) is 1. The summed E-state index contributed by atoms with van der Waals surface area (Å²) in [5.41, 5.74) is 1.42. The average molecular weight is 472 g/mol. The minimum absolute atomic E-state index is 0.343. The Hall–Kier alpha value is -1.95. The highest BCUT2D eigenvalue weighted by atomic mass is 31.1. The number of fused-ring (bicyclic) bond motifs is 3. The van der Waals surface area contributed by atoms with Gasteiger partial charge in [0.25, 0.3) is 0 Å². The van der Waals surface area contributed by atoms with Gasteiger partial charge in [-0.3, -0.25) is 4.90 Å². The molecule has 0 bridgehead atoms. The van der Waals surface area contributed by atoms with Crippen molar-refractivity contribution in [3.63, 3.8) is 0 Å². The van der Waals surface area contributed by atoms with E-state index in [0.717, 1.165) is 6.54 Å². The van der Waals surface area contributed by atoms with Crippen LogP contribution < -0.4 is 15.9 Å². The van der Waals surface area contributed by atoms with Gasteiger partial charge >= 0.3 is 0 Å². The molecule has 0 unspecified atom stereocenters. The summed E-state index contributed by atoms with van der Waals surface area (Å²) in [7, 11) is -0.642. The van der Waals surface area contributed by atoms with E-state index in [1.165, 1.54) is 45.1 Å². The van der Waals surface area contributed by atoms with Crippen LogP contribution in [0.15, 0.2) is 84.9 Å². The molecule has 172 valence electrons. The SMILES string of the molecule is C[C@@H]1[C]2[CH][CH][CH][C]2[C]2[CH][CH][CH][C]2[C@@H](C)N1Cc1ccccc1P(c1ccccc1)c1ccccc1. The molecule has 2 heteroatoms. The van der Waals surface area contributed by atoms with Gasteiger partial charge in [0.2, 0.25) is 0 Å². The first kappa shape index (κ1) is 23.4. The minimum Gasteiger partial charge on any atom is -0.292 e. The maximum Gasteiger partial charge on any atom is 0.0246 e. The lowest BCUT2D eigenvalue weighted by Gasteiger charge is -2.38. The molecule has 3 fully saturated rings. The Labute approximate surface area is 213 Å². The molecule has 0 spiro atoms. The molecule has 3 aromatic carbocycles. The Morgan fingerprint density at radius 3 is 1.63 bits per heavy atom. The molecule has 0 aromatic heterocycles. The zero-order chi connectivity index (χ0) is 23.8. The number of rotatable bonds is 5. The molecule has 1 saturated heterocycles. The molecular formula is C33H30NP. The number of likely N-dealkylation sites (tertiary alicyclic amines) is 1. The molecule has 2 aliphatic carbocycles. The van der Waals surface area contributed by atoms with Gasteiger partial charge < -0.3 is 0 Å². The van der Waals surface area contributed by atoms with Gasteiger partial charge in [-0.05, 0) is 93.6 Å². The van der Waals surface area contributed by atoms with E-state index in [-0.39, 0.29) is 0 Å². The van der Waals surface area contributed by atoms with E-state index in [1.807, 2.05) is 0 Å². The second-order valence-corrected chi connectivity index (χ2v) is 11.6. The first-order valence-electron chi connectivity index (χ1n) is 12.5. The predicted molar refractivity (Wildman–Crippen MR) is 148 cm³/mol. The van der Waals surface area contributed by atoms with Crippen molar-refractivity contribution >= 4 is 23.8 Å². The summed E-state index contributed by atoms with van der Waals surface area (Å²) < 4.78 is 0. The maximum absolute atomic E-state index is 2.69. The van der Waals surface area contributed by atoms with Crippen LogP contribution in [0.3, 0.4) is 0 Å². The molecule has 1 aliphatic heterocycles. The zero-order valence-electron chi connectivity index (χ0n) is 20.3. The molecule has 2 saturated carbocycles. The van der Waals surface area contributed by atoms with Gasteiger partial charge in [0.1, 0.15) is 0 Å². The van der Waals surface area contributed by atoms with Crippen LogP contribution in [0.1, 0.15) is 19.4 Å². The summed E-state index contributed by atoms with van der Waals surface area (Å²) in [4.78, 5) is 2.69. The monoisotopic (exact) mass is 471 g/mol. The lowest BCUT2D eigenvalue weighted by atomic mass is 9.76. The molecular weight excluding hydrogens is 441 g/mol. The Morgan fingerprint density at radius 2 is 1.09 bits per heavy atom. The molecule has 1 nitrogen and oxygen atoms in total. The third-order valence-corrected chi connectivity index (χ3v) is 10.0. The van der Waals surface area contributed by atoms with Gasteiger partial charge in [-0.15, -0.1) is 0 Å². The fraction of sp³-hybridized carbons (Fsp3) is 0.152. The second kappa shape index (κ2) is 10.2. The van der Waals surface area contributed by atoms with Crippen LogP contribution in [-0.2, 0) is 6.54 Å². The molecule has 10 radical (unpaired) electrons. The molecule has 35 heavy (non-hydrogen) atoms. The van der Waals surface area contributed by atoms with E-state index < -0.39 is 7.92 Å². The molecule has 0 N–H and O–H groups in total. The van der Waals surface area contributed by atoms with E-state index in [0.29, 0.717) is 12.1 Å². The highest BCUT2D eigenvalue weighted by molar-refractivity contribution is 7.79. The van der Waals surface area contributed by atoms with E-state index in [1.54, 1.807) is 0 Å². The smallest absolute Gasteiger partial charge is 0.0246 e. The van der Waals surface area contributed by atoms with Gasteiger partial charge in [0, 0.05) is 30.5 Å². The summed E-state index contributed by atoms with van der Waals surface area (Å²) in [6, 6.07) is 31.9. The molecule has 2 atom stereocenters. The predicted octanol–water partition coefficient (Wildman–Crippen LogP) is 5.59. The lowest BCUT2D eigenvalue weighted by molar-refractivity contribution is 0.173. The van der Waals surface area contributed by atoms with Crippen molar-refractivity contribution < 1.29 is 0 Å². The van der Waals surface area contributed by atoms with Crippen molar-refractivity contribution in [1.82, 2.24) is 4.90 Å². The first-order valence-corrected chi connectivity index (χ1v) is 13.8. The van der Waals surface area contributed by atoms with Crippen molar-refractivity contribution in [2.45, 2.75) is 32.5 Å². The van der Waals surface area contributed by atoms with Crippen molar-refractivity contribution in [2.24, 2.45) is 0 Å². The summed E-state index contributed by atoms with van der Waals surface area (Å²) in [6.45, 7) is 5.67. The fourth-order valence-electron chi connectivity index (χ4n) is 5.69. The van der Waals surface area contributed by atoms with Gasteiger partial charge in [0.05, 0.1) is 0 Å². The topological polar surface area (TPSA) is 3.24 Å². The van der Waals surface area contributed by atoms with Crippen LogP contribution in [0.4, 0.5) is 0 Å². The zero-order valence-corrected chi connectivity index (χ0v) is 21.2. The Balaban J connectivity index is 1.39. The Kier molecular flexibility index (Phi) is 6.83. The highest BCUT2D eigenvalue weighted by Crippen LogP contribution is 2.55. The third-order valence-electron chi connectivity index (χ3n) is 7.50. The molecule has 3 aromatic rings. The van der Waals surface area contributed by atoms with Gasteiger partial charge in [0.15, 0.2) is 0 Å². The Morgan fingerprint density at radius 1 is 0.600 bits per heavy atom.